The molecule has 1 aliphatic heterocycles. The van der Waals surface area contributed by atoms with Crippen molar-refractivity contribution in [1.82, 2.24) is 4.90 Å². The average Bonchev–Trinajstić information content (AvgIpc) is 2.47. The molecule has 1 aromatic rings. The minimum absolute atomic E-state index is 0.0791. The molecule has 3 heteroatoms. The average molecular weight is 284 g/mol. The fourth-order valence-electron chi connectivity index (χ4n) is 2.61. The molecule has 1 heterocycles. The first-order valence-corrected chi connectivity index (χ1v) is 7.56. The largest absolute Gasteiger partial charge is 0.339 e. The molecule has 0 aromatic heterocycles. The van der Waals surface area contributed by atoms with Gasteiger partial charge in [0.25, 0.3) is 5.91 Å². The van der Waals surface area contributed by atoms with Crippen LogP contribution in [0.15, 0.2) is 24.3 Å². The summed E-state index contributed by atoms with van der Waals surface area (Å²) in [5.41, 5.74) is 1.80. The van der Waals surface area contributed by atoms with Gasteiger partial charge in [-0.2, -0.15) is 5.26 Å². The van der Waals surface area contributed by atoms with Crippen LogP contribution in [-0.2, 0) is 5.41 Å². The van der Waals surface area contributed by atoms with Crippen molar-refractivity contribution >= 4 is 5.91 Å². The third-order valence-corrected chi connectivity index (χ3v) is 4.42. The highest BCUT2D eigenvalue weighted by molar-refractivity contribution is 5.94. The van der Waals surface area contributed by atoms with Crippen molar-refractivity contribution < 1.29 is 4.79 Å². The summed E-state index contributed by atoms with van der Waals surface area (Å²) in [7, 11) is 0. The van der Waals surface area contributed by atoms with Crippen LogP contribution in [0.5, 0.6) is 0 Å². The van der Waals surface area contributed by atoms with Crippen molar-refractivity contribution in [3.05, 3.63) is 35.4 Å². The Morgan fingerprint density at radius 2 is 1.71 bits per heavy atom. The fraction of sp³-hybridized carbons (Fsp3) is 0.556. The predicted molar refractivity (Wildman–Crippen MR) is 84.0 cm³/mol. The van der Waals surface area contributed by atoms with Gasteiger partial charge in [0.05, 0.1) is 11.5 Å². The Kier molecular flexibility index (Phi) is 4.09. The van der Waals surface area contributed by atoms with Crippen molar-refractivity contribution in [2.45, 2.75) is 46.0 Å². The Labute approximate surface area is 127 Å². The van der Waals surface area contributed by atoms with Crippen LogP contribution in [0.4, 0.5) is 0 Å². The smallest absolute Gasteiger partial charge is 0.253 e. The second-order valence-electron chi connectivity index (χ2n) is 7.29. The Hall–Kier alpha value is -1.82. The summed E-state index contributed by atoms with van der Waals surface area (Å²) >= 11 is 0. The molecule has 112 valence electrons. The van der Waals surface area contributed by atoms with E-state index in [0.29, 0.717) is 13.1 Å². The van der Waals surface area contributed by atoms with Gasteiger partial charge in [-0.05, 0) is 42.9 Å². The molecule has 0 radical (unpaired) electrons. The molecule has 0 aliphatic carbocycles. The number of carbonyl (C=O) groups is 1. The Morgan fingerprint density at radius 3 is 2.14 bits per heavy atom. The lowest BCUT2D eigenvalue weighted by atomic mass is 9.82. The number of likely N-dealkylation sites (tertiary alicyclic amines) is 1. The molecule has 0 atom stereocenters. The number of hydrogen-bond donors (Lipinski definition) is 0. The summed E-state index contributed by atoms with van der Waals surface area (Å²) < 4.78 is 0. The Morgan fingerprint density at radius 1 is 1.19 bits per heavy atom. The molecule has 0 spiro atoms. The van der Waals surface area contributed by atoms with Crippen LogP contribution in [0, 0.1) is 16.7 Å². The number of amides is 1. The van der Waals surface area contributed by atoms with E-state index in [9.17, 15) is 4.79 Å². The highest BCUT2D eigenvalue weighted by Crippen LogP contribution is 2.30. The quantitative estimate of drug-likeness (QED) is 0.788. The van der Waals surface area contributed by atoms with Crippen LogP contribution in [0.2, 0.25) is 0 Å². The van der Waals surface area contributed by atoms with Crippen LogP contribution >= 0.6 is 0 Å². The lowest BCUT2D eigenvalue weighted by Crippen LogP contribution is -2.41. The minimum Gasteiger partial charge on any atom is -0.339 e. The molecule has 0 N–H and O–H groups in total. The van der Waals surface area contributed by atoms with Crippen LogP contribution in [-0.4, -0.2) is 23.9 Å². The first-order valence-electron chi connectivity index (χ1n) is 7.56. The zero-order valence-electron chi connectivity index (χ0n) is 13.4. The van der Waals surface area contributed by atoms with E-state index in [4.69, 9.17) is 5.26 Å². The van der Waals surface area contributed by atoms with Gasteiger partial charge >= 0.3 is 0 Å². The van der Waals surface area contributed by atoms with Crippen molar-refractivity contribution in [3.63, 3.8) is 0 Å². The molecular weight excluding hydrogens is 260 g/mol. The number of nitriles is 1. The molecule has 1 aliphatic rings. The number of rotatable bonds is 1. The van der Waals surface area contributed by atoms with E-state index in [1.165, 1.54) is 5.56 Å². The zero-order valence-corrected chi connectivity index (χ0v) is 13.4. The maximum absolute atomic E-state index is 12.5. The highest BCUT2D eigenvalue weighted by atomic mass is 16.2. The minimum atomic E-state index is -0.271. The van der Waals surface area contributed by atoms with Gasteiger partial charge in [-0.15, -0.1) is 0 Å². The number of hydrogen-bond acceptors (Lipinski definition) is 2. The second-order valence-corrected chi connectivity index (χ2v) is 7.29. The van der Waals surface area contributed by atoms with E-state index in [1.54, 1.807) is 0 Å². The molecule has 0 saturated carbocycles. The van der Waals surface area contributed by atoms with E-state index in [2.05, 4.69) is 26.8 Å². The Bertz CT molecular complexity index is 552. The van der Waals surface area contributed by atoms with Crippen molar-refractivity contribution in [3.8, 4) is 6.07 Å². The van der Waals surface area contributed by atoms with Crippen molar-refractivity contribution in [1.29, 1.82) is 5.26 Å². The first-order chi connectivity index (χ1) is 9.75. The molecule has 2 rings (SSSR count). The number of benzene rings is 1. The van der Waals surface area contributed by atoms with E-state index >= 15 is 0 Å². The second kappa shape index (κ2) is 5.52. The van der Waals surface area contributed by atoms with E-state index < -0.39 is 0 Å². The summed E-state index contributed by atoms with van der Waals surface area (Å²) in [6.07, 6.45) is 1.52. The van der Waals surface area contributed by atoms with Crippen LogP contribution in [0.25, 0.3) is 0 Å². The van der Waals surface area contributed by atoms with Gasteiger partial charge in [0.2, 0.25) is 0 Å². The molecule has 1 aromatic carbocycles. The summed E-state index contributed by atoms with van der Waals surface area (Å²) in [5, 5.41) is 9.15. The normalized spacial score (nSPS) is 18.1. The van der Waals surface area contributed by atoms with Crippen molar-refractivity contribution in [2.75, 3.05) is 13.1 Å². The summed E-state index contributed by atoms with van der Waals surface area (Å²) in [5.74, 6) is 0.0791. The SMILES string of the molecule is CC1(C#N)CCN(C(=O)c2ccc(C(C)(C)C)cc2)CC1. The summed E-state index contributed by atoms with van der Waals surface area (Å²) in [4.78, 5) is 14.4. The monoisotopic (exact) mass is 284 g/mol. The van der Waals surface area contributed by atoms with Crippen LogP contribution in [0.3, 0.4) is 0 Å². The van der Waals surface area contributed by atoms with E-state index in [1.807, 2.05) is 36.1 Å². The molecule has 1 amide bonds. The lowest BCUT2D eigenvalue weighted by molar-refractivity contribution is 0.0661. The maximum atomic E-state index is 12.5. The molecule has 1 saturated heterocycles. The third kappa shape index (κ3) is 3.44. The molecule has 0 bridgehead atoms. The van der Waals surface area contributed by atoms with Gasteiger partial charge in [0.15, 0.2) is 0 Å². The lowest BCUT2D eigenvalue weighted by Gasteiger charge is -2.35. The van der Waals surface area contributed by atoms with Gasteiger partial charge in [-0.1, -0.05) is 32.9 Å². The predicted octanol–water partition coefficient (Wildman–Crippen LogP) is 3.75. The molecular formula is C18H24N2O. The maximum Gasteiger partial charge on any atom is 0.253 e. The summed E-state index contributed by atoms with van der Waals surface area (Å²) in [6.45, 7) is 9.81. The van der Waals surface area contributed by atoms with Gasteiger partial charge in [0.1, 0.15) is 0 Å². The van der Waals surface area contributed by atoms with Crippen LogP contribution < -0.4 is 0 Å². The van der Waals surface area contributed by atoms with Gasteiger partial charge in [-0.3, -0.25) is 4.79 Å². The van der Waals surface area contributed by atoms with Gasteiger partial charge < -0.3 is 4.90 Å². The van der Waals surface area contributed by atoms with Crippen molar-refractivity contribution in [2.24, 2.45) is 5.41 Å². The van der Waals surface area contributed by atoms with Gasteiger partial charge in [0, 0.05) is 18.7 Å². The third-order valence-electron chi connectivity index (χ3n) is 4.42. The Balaban J connectivity index is 2.07. The number of piperidine rings is 1. The number of nitrogens with zero attached hydrogens (tertiary/aromatic N) is 2. The highest BCUT2D eigenvalue weighted by Gasteiger charge is 2.32. The topological polar surface area (TPSA) is 44.1 Å². The van der Waals surface area contributed by atoms with Gasteiger partial charge in [-0.25, -0.2) is 0 Å². The standard InChI is InChI=1S/C18H24N2O/c1-17(2,3)15-7-5-14(6-8-15)16(21)20-11-9-18(4,13-19)10-12-20/h5-8H,9-12H2,1-4H3. The van der Waals surface area contributed by atoms with E-state index in [0.717, 1.165) is 18.4 Å². The molecule has 1 fully saturated rings. The fourth-order valence-corrected chi connectivity index (χ4v) is 2.61. The molecule has 0 unspecified atom stereocenters. The van der Waals surface area contributed by atoms with E-state index in [-0.39, 0.29) is 16.7 Å². The molecule has 21 heavy (non-hydrogen) atoms. The summed E-state index contributed by atoms with van der Waals surface area (Å²) in [6, 6.07) is 10.3. The van der Waals surface area contributed by atoms with Crippen LogP contribution in [0.1, 0.15) is 56.5 Å². The zero-order chi connectivity index (χ0) is 15.7. The molecule has 3 nitrogen and oxygen atoms in total. The number of carbonyl (C=O) groups excluding carboxylic acids is 1. The first kappa shape index (κ1) is 15.6.